The monoisotopic (exact) mass is 230 g/mol. The molecule has 0 radical (unpaired) electrons. The molecule has 1 aromatic heterocycles. The molecule has 0 aliphatic heterocycles. The van der Waals surface area contributed by atoms with Crippen molar-refractivity contribution in [3.63, 3.8) is 0 Å². The van der Waals surface area contributed by atoms with Crippen molar-refractivity contribution in [2.75, 3.05) is 0 Å². The van der Waals surface area contributed by atoms with Crippen LogP contribution < -0.4 is 0 Å². The number of hydrogen-bond acceptors (Lipinski definition) is 3. The van der Waals surface area contributed by atoms with E-state index < -0.39 is 5.82 Å². The Balaban J connectivity index is 2.67. The minimum atomic E-state index is -0.497. The average molecular weight is 231 g/mol. The van der Waals surface area contributed by atoms with Gasteiger partial charge in [0, 0.05) is 0 Å². The number of nitrogens with one attached hydrogen (secondary N) is 1. The molecule has 72 valence electrons. The minimum absolute atomic E-state index is 0.0538. The van der Waals surface area contributed by atoms with Crippen molar-refractivity contribution in [1.82, 2.24) is 10.2 Å². The van der Waals surface area contributed by atoms with Crippen LogP contribution in [0, 0.1) is 10.7 Å². The lowest BCUT2D eigenvalue weighted by atomic mass is 10.2. The number of nitrogens with zero attached hydrogens (tertiary/aromatic N) is 1. The zero-order chi connectivity index (χ0) is 10.1. The van der Waals surface area contributed by atoms with Crippen molar-refractivity contribution in [3.05, 3.63) is 33.9 Å². The van der Waals surface area contributed by atoms with Crippen molar-refractivity contribution < 1.29 is 8.81 Å². The Morgan fingerprint density at radius 2 is 2.29 bits per heavy atom. The van der Waals surface area contributed by atoms with Gasteiger partial charge in [0.25, 0.3) is 10.7 Å². The molecule has 0 atom stereocenters. The molecule has 0 saturated carbocycles. The summed E-state index contributed by atoms with van der Waals surface area (Å²) in [6, 6.07) is 4.32. The third kappa shape index (κ3) is 1.56. The van der Waals surface area contributed by atoms with Crippen molar-refractivity contribution in [2.45, 2.75) is 0 Å². The van der Waals surface area contributed by atoms with Gasteiger partial charge in [0.15, 0.2) is 0 Å². The van der Waals surface area contributed by atoms with E-state index in [0.29, 0.717) is 0 Å². The third-order valence-electron chi connectivity index (χ3n) is 1.61. The summed E-state index contributed by atoms with van der Waals surface area (Å²) in [6.45, 7) is 0. The largest absolute Gasteiger partial charge is 0.409 e. The number of hydrogen-bond donors (Lipinski definition) is 1. The molecular formula is C8H4ClFN2OS. The first-order valence-corrected chi connectivity index (χ1v) is 4.47. The lowest BCUT2D eigenvalue weighted by Gasteiger charge is -1.98. The molecule has 0 aliphatic rings. The molecule has 2 rings (SSSR count). The van der Waals surface area contributed by atoms with Crippen LogP contribution in [0.5, 0.6) is 0 Å². The van der Waals surface area contributed by atoms with Crippen LogP contribution in [-0.2, 0) is 0 Å². The second-order valence-corrected chi connectivity index (χ2v) is 3.29. The number of aromatic nitrogens is 2. The number of aromatic amines is 1. The smallest absolute Gasteiger partial charge is 0.284 e. The van der Waals surface area contributed by atoms with E-state index in [9.17, 15) is 4.39 Å². The highest BCUT2D eigenvalue weighted by molar-refractivity contribution is 7.71. The molecule has 0 aliphatic carbocycles. The molecule has 1 N–H and O–H groups in total. The summed E-state index contributed by atoms with van der Waals surface area (Å²) in [5.41, 5.74) is 0.113. The summed E-state index contributed by atoms with van der Waals surface area (Å²) in [5, 5.41) is 6.31. The molecule has 0 saturated heterocycles. The molecule has 1 heterocycles. The van der Waals surface area contributed by atoms with Crippen LogP contribution in [0.15, 0.2) is 22.6 Å². The Hall–Kier alpha value is -1.20. The second-order valence-electron chi connectivity index (χ2n) is 2.51. The normalized spacial score (nSPS) is 10.4. The summed E-state index contributed by atoms with van der Waals surface area (Å²) >= 11 is 10.5. The third-order valence-corrected chi connectivity index (χ3v) is 2.10. The zero-order valence-electron chi connectivity index (χ0n) is 6.75. The van der Waals surface area contributed by atoms with Crippen molar-refractivity contribution in [1.29, 1.82) is 0 Å². The highest BCUT2D eigenvalue weighted by atomic mass is 35.5. The zero-order valence-corrected chi connectivity index (χ0v) is 8.32. The van der Waals surface area contributed by atoms with E-state index in [1.807, 2.05) is 0 Å². The molecule has 0 spiro atoms. The van der Waals surface area contributed by atoms with E-state index in [-0.39, 0.29) is 21.3 Å². The Morgan fingerprint density at radius 1 is 1.50 bits per heavy atom. The number of benzene rings is 1. The van der Waals surface area contributed by atoms with E-state index in [1.165, 1.54) is 12.1 Å². The summed E-state index contributed by atoms with van der Waals surface area (Å²) in [5.74, 6) is -0.444. The molecule has 1 aromatic carbocycles. The maximum atomic E-state index is 13.3. The summed E-state index contributed by atoms with van der Waals surface area (Å²) < 4.78 is 18.3. The van der Waals surface area contributed by atoms with Gasteiger partial charge in [0.1, 0.15) is 5.82 Å². The number of rotatable bonds is 1. The van der Waals surface area contributed by atoms with E-state index in [0.717, 1.165) is 0 Å². The fourth-order valence-corrected chi connectivity index (χ4v) is 1.41. The Labute approximate surface area is 88.5 Å². The van der Waals surface area contributed by atoms with Gasteiger partial charge in [0.05, 0.1) is 10.6 Å². The van der Waals surface area contributed by atoms with E-state index in [4.69, 9.17) is 16.0 Å². The molecule has 3 nitrogen and oxygen atoms in total. The SMILES string of the molecule is Fc1cccc(Cl)c1-c1n[nH]c(=S)o1. The molecule has 0 amide bonds. The van der Waals surface area contributed by atoms with E-state index in [2.05, 4.69) is 22.4 Å². The molecule has 0 bridgehead atoms. The molecular weight excluding hydrogens is 227 g/mol. The lowest BCUT2D eigenvalue weighted by Crippen LogP contribution is -1.85. The van der Waals surface area contributed by atoms with Crippen molar-refractivity contribution >= 4 is 23.8 Å². The predicted octanol–water partition coefficient (Wildman–Crippen LogP) is 3.19. The molecule has 0 unspecified atom stereocenters. The van der Waals surface area contributed by atoms with Crippen LogP contribution in [0.25, 0.3) is 11.5 Å². The average Bonchev–Trinajstić information content (AvgIpc) is 2.51. The van der Waals surface area contributed by atoms with Crippen LogP contribution >= 0.6 is 23.8 Å². The van der Waals surface area contributed by atoms with Crippen LogP contribution in [0.3, 0.4) is 0 Å². The van der Waals surface area contributed by atoms with Gasteiger partial charge in [-0.2, -0.15) is 0 Å². The molecule has 6 heteroatoms. The van der Waals surface area contributed by atoms with Gasteiger partial charge in [-0.05, 0) is 24.4 Å². The van der Waals surface area contributed by atoms with Crippen LogP contribution in [0.1, 0.15) is 0 Å². The molecule has 2 aromatic rings. The Kier molecular flexibility index (Phi) is 2.35. The summed E-state index contributed by atoms with van der Waals surface area (Å²) in [7, 11) is 0. The second kappa shape index (κ2) is 3.51. The van der Waals surface area contributed by atoms with Crippen molar-refractivity contribution in [2.24, 2.45) is 0 Å². The first-order chi connectivity index (χ1) is 6.68. The highest BCUT2D eigenvalue weighted by Gasteiger charge is 2.13. The topological polar surface area (TPSA) is 41.8 Å². The van der Waals surface area contributed by atoms with Crippen molar-refractivity contribution in [3.8, 4) is 11.5 Å². The minimum Gasteiger partial charge on any atom is -0.409 e. The van der Waals surface area contributed by atoms with Gasteiger partial charge < -0.3 is 4.42 Å². The first-order valence-electron chi connectivity index (χ1n) is 3.68. The number of halogens is 2. The quantitative estimate of drug-likeness (QED) is 0.765. The standard InChI is InChI=1S/C8H4ClFN2OS/c9-4-2-1-3-5(10)6(4)7-11-12-8(14)13-7/h1-3H,(H,12,14). The molecule has 14 heavy (non-hydrogen) atoms. The highest BCUT2D eigenvalue weighted by Crippen LogP contribution is 2.28. The van der Waals surface area contributed by atoms with Gasteiger partial charge in [-0.3, -0.25) is 0 Å². The van der Waals surface area contributed by atoms with Gasteiger partial charge in [-0.15, -0.1) is 5.10 Å². The lowest BCUT2D eigenvalue weighted by molar-refractivity contribution is 0.543. The summed E-state index contributed by atoms with van der Waals surface area (Å²) in [6.07, 6.45) is 0. The fraction of sp³-hybridized carbons (Fsp3) is 0. The van der Waals surface area contributed by atoms with Gasteiger partial charge >= 0.3 is 0 Å². The maximum absolute atomic E-state index is 13.3. The van der Waals surface area contributed by atoms with Crippen LogP contribution in [-0.4, -0.2) is 10.2 Å². The maximum Gasteiger partial charge on any atom is 0.284 e. The van der Waals surface area contributed by atoms with Crippen LogP contribution in [0.2, 0.25) is 5.02 Å². The van der Waals surface area contributed by atoms with Gasteiger partial charge in [-0.1, -0.05) is 17.7 Å². The summed E-state index contributed by atoms with van der Waals surface area (Å²) in [4.78, 5) is 0.0827. The Bertz CT molecular complexity index is 502. The molecule has 0 fully saturated rings. The number of H-pyrrole nitrogens is 1. The van der Waals surface area contributed by atoms with E-state index >= 15 is 0 Å². The predicted molar refractivity (Wildman–Crippen MR) is 52.1 cm³/mol. The van der Waals surface area contributed by atoms with Gasteiger partial charge in [-0.25, -0.2) is 9.49 Å². The van der Waals surface area contributed by atoms with Gasteiger partial charge in [0.2, 0.25) is 0 Å². The fourth-order valence-electron chi connectivity index (χ4n) is 1.04. The van der Waals surface area contributed by atoms with Crippen LogP contribution in [0.4, 0.5) is 4.39 Å². The first kappa shape index (κ1) is 9.36. The Morgan fingerprint density at radius 3 is 2.86 bits per heavy atom. The van der Waals surface area contributed by atoms with E-state index in [1.54, 1.807) is 6.07 Å².